The molecule has 1 aliphatic heterocycles. The lowest BCUT2D eigenvalue weighted by Crippen LogP contribution is -2.53. The van der Waals surface area contributed by atoms with Crippen LogP contribution in [0.5, 0.6) is 0 Å². The van der Waals surface area contributed by atoms with Gasteiger partial charge in [-0.05, 0) is 6.07 Å². The van der Waals surface area contributed by atoms with Crippen molar-refractivity contribution >= 4 is 23.4 Å². The molecule has 2 rings (SSSR count). The number of piperazine rings is 1. The molecule has 9 heteroatoms. The first-order valence-electron chi connectivity index (χ1n) is 5.44. The number of hydrogen-bond acceptors (Lipinski definition) is 5. The van der Waals surface area contributed by atoms with E-state index >= 15 is 0 Å². The Balaban J connectivity index is 2.27. The van der Waals surface area contributed by atoms with Crippen LogP contribution in [0.1, 0.15) is 10.4 Å². The van der Waals surface area contributed by atoms with Crippen LogP contribution in [0.25, 0.3) is 0 Å². The molecule has 0 radical (unpaired) electrons. The number of non-ortho nitro benzene ring substituents is 1. The highest BCUT2D eigenvalue weighted by Gasteiger charge is 2.29. The van der Waals surface area contributed by atoms with E-state index in [9.17, 15) is 28.9 Å². The van der Waals surface area contributed by atoms with Crippen LogP contribution in [0.2, 0.25) is 0 Å². The van der Waals surface area contributed by atoms with Gasteiger partial charge in [-0.2, -0.15) is 0 Å². The van der Waals surface area contributed by atoms with Gasteiger partial charge in [0.2, 0.25) is 11.8 Å². The van der Waals surface area contributed by atoms with E-state index < -0.39 is 39.7 Å². The highest BCUT2D eigenvalue weighted by atomic mass is 19.1. The standard InChI is InChI=1S/C11H8FN3O5/c12-8-3-6(15(19)20)1-2-7(8)11(18)14-4-9(16)13-10(17)5-14/h1-3H,4-5H2,(H,13,16,17). The van der Waals surface area contributed by atoms with Gasteiger partial charge in [-0.1, -0.05) is 0 Å². The molecule has 8 nitrogen and oxygen atoms in total. The maximum atomic E-state index is 13.7. The maximum absolute atomic E-state index is 13.7. The molecule has 0 saturated carbocycles. The molecule has 1 heterocycles. The minimum atomic E-state index is -1.08. The number of nitro benzene ring substituents is 1. The third kappa shape index (κ3) is 2.60. The average molecular weight is 281 g/mol. The molecule has 1 fully saturated rings. The first-order valence-corrected chi connectivity index (χ1v) is 5.44. The number of carbonyl (C=O) groups excluding carboxylic acids is 3. The second-order valence-electron chi connectivity index (χ2n) is 4.05. The summed E-state index contributed by atoms with van der Waals surface area (Å²) in [7, 11) is 0. The average Bonchev–Trinajstić information content (AvgIpc) is 2.36. The van der Waals surface area contributed by atoms with Crippen LogP contribution in [0.3, 0.4) is 0 Å². The lowest BCUT2D eigenvalue weighted by molar-refractivity contribution is -0.385. The number of hydrogen-bond donors (Lipinski definition) is 1. The summed E-state index contributed by atoms with van der Waals surface area (Å²) in [6.45, 7) is -0.748. The minimum Gasteiger partial charge on any atom is -0.320 e. The molecule has 0 aliphatic carbocycles. The highest BCUT2D eigenvalue weighted by molar-refractivity contribution is 6.05. The topological polar surface area (TPSA) is 110 Å². The third-order valence-electron chi connectivity index (χ3n) is 2.63. The fourth-order valence-corrected chi connectivity index (χ4v) is 1.74. The molecule has 1 saturated heterocycles. The van der Waals surface area contributed by atoms with E-state index in [0.717, 1.165) is 17.0 Å². The van der Waals surface area contributed by atoms with Gasteiger partial charge < -0.3 is 4.90 Å². The first kappa shape index (κ1) is 13.6. The largest absolute Gasteiger partial charge is 0.320 e. The van der Waals surface area contributed by atoms with Crippen molar-refractivity contribution < 1.29 is 23.7 Å². The summed E-state index contributed by atoms with van der Waals surface area (Å²) in [6, 6.07) is 2.54. The fraction of sp³-hybridized carbons (Fsp3) is 0.182. The van der Waals surface area contributed by atoms with Gasteiger partial charge in [0, 0.05) is 6.07 Å². The summed E-state index contributed by atoms with van der Waals surface area (Å²) in [5, 5.41) is 12.5. The molecule has 0 aromatic heterocycles. The van der Waals surface area contributed by atoms with E-state index in [1.54, 1.807) is 0 Å². The zero-order chi connectivity index (χ0) is 14.9. The fourth-order valence-electron chi connectivity index (χ4n) is 1.74. The van der Waals surface area contributed by atoms with Gasteiger partial charge in [-0.25, -0.2) is 4.39 Å². The van der Waals surface area contributed by atoms with E-state index in [1.807, 2.05) is 5.32 Å². The van der Waals surface area contributed by atoms with E-state index in [-0.39, 0.29) is 13.1 Å². The van der Waals surface area contributed by atoms with Gasteiger partial charge in [-0.3, -0.25) is 29.8 Å². The predicted molar refractivity (Wildman–Crippen MR) is 62.1 cm³/mol. The summed E-state index contributed by atoms with van der Waals surface area (Å²) in [4.78, 5) is 44.8. The Morgan fingerprint density at radius 3 is 2.40 bits per heavy atom. The van der Waals surface area contributed by atoms with Crippen LogP contribution in [0, 0.1) is 15.9 Å². The zero-order valence-electron chi connectivity index (χ0n) is 9.96. The minimum absolute atomic E-state index is 0.374. The number of halogens is 1. The van der Waals surface area contributed by atoms with E-state index in [4.69, 9.17) is 0 Å². The first-order chi connectivity index (χ1) is 9.38. The number of nitrogens with one attached hydrogen (secondary N) is 1. The van der Waals surface area contributed by atoms with E-state index in [2.05, 4.69) is 0 Å². The molecule has 1 aromatic carbocycles. The summed E-state index contributed by atoms with van der Waals surface area (Å²) in [5.41, 5.74) is -0.926. The van der Waals surface area contributed by atoms with Crippen LogP contribution >= 0.6 is 0 Å². The molecule has 3 amide bonds. The second kappa shape index (κ2) is 5.03. The van der Waals surface area contributed by atoms with Crippen LogP contribution in [0.4, 0.5) is 10.1 Å². The summed E-state index contributed by atoms with van der Waals surface area (Å²) >= 11 is 0. The summed E-state index contributed by atoms with van der Waals surface area (Å²) in [6.07, 6.45) is 0. The van der Waals surface area contributed by atoms with Crippen molar-refractivity contribution in [3.05, 3.63) is 39.7 Å². The van der Waals surface area contributed by atoms with Crippen molar-refractivity contribution in [2.24, 2.45) is 0 Å². The van der Waals surface area contributed by atoms with Crippen molar-refractivity contribution in [2.45, 2.75) is 0 Å². The molecule has 0 spiro atoms. The van der Waals surface area contributed by atoms with Crippen molar-refractivity contribution in [3.63, 3.8) is 0 Å². The van der Waals surface area contributed by atoms with Crippen LogP contribution < -0.4 is 5.32 Å². The molecular weight excluding hydrogens is 273 g/mol. The highest BCUT2D eigenvalue weighted by Crippen LogP contribution is 2.18. The Morgan fingerprint density at radius 2 is 1.90 bits per heavy atom. The number of nitro groups is 1. The van der Waals surface area contributed by atoms with Gasteiger partial charge in [0.15, 0.2) is 0 Å². The molecule has 0 atom stereocenters. The quantitative estimate of drug-likeness (QED) is 0.460. The molecule has 1 aliphatic rings. The van der Waals surface area contributed by atoms with Crippen LogP contribution in [-0.2, 0) is 9.59 Å². The maximum Gasteiger partial charge on any atom is 0.272 e. The lowest BCUT2D eigenvalue weighted by atomic mass is 10.1. The summed E-state index contributed by atoms with van der Waals surface area (Å²) < 4.78 is 13.7. The van der Waals surface area contributed by atoms with Crippen molar-refractivity contribution in [1.29, 1.82) is 0 Å². The molecule has 0 unspecified atom stereocenters. The SMILES string of the molecule is O=C1CN(C(=O)c2ccc([N+](=O)[O-])cc2F)CC(=O)N1. The van der Waals surface area contributed by atoms with Gasteiger partial charge in [0.05, 0.1) is 16.6 Å². The van der Waals surface area contributed by atoms with Crippen LogP contribution in [0.15, 0.2) is 18.2 Å². The second-order valence-corrected chi connectivity index (χ2v) is 4.05. The summed E-state index contributed by atoms with van der Waals surface area (Å²) in [5.74, 6) is -3.29. The number of imide groups is 1. The van der Waals surface area contributed by atoms with Crippen molar-refractivity contribution in [3.8, 4) is 0 Å². The van der Waals surface area contributed by atoms with Gasteiger partial charge in [0.25, 0.3) is 11.6 Å². The number of carbonyl (C=O) groups is 3. The molecule has 1 aromatic rings. The lowest BCUT2D eigenvalue weighted by Gasteiger charge is -2.25. The third-order valence-corrected chi connectivity index (χ3v) is 2.63. The number of benzene rings is 1. The predicted octanol–water partition coefficient (Wildman–Crippen LogP) is -0.167. The van der Waals surface area contributed by atoms with Gasteiger partial charge in [0.1, 0.15) is 18.9 Å². The van der Waals surface area contributed by atoms with Gasteiger partial charge in [-0.15, -0.1) is 0 Å². The molecule has 104 valence electrons. The van der Waals surface area contributed by atoms with E-state index in [1.165, 1.54) is 0 Å². The monoisotopic (exact) mass is 281 g/mol. The van der Waals surface area contributed by atoms with Crippen molar-refractivity contribution in [1.82, 2.24) is 10.2 Å². The Bertz CT molecular complexity index is 614. The molecule has 20 heavy (non-hydrogen) atoms. The zero-order valence-corrected chi connectivity index (χ0v) is 9.96. The number of amides is 3. The van der Waals surface area contributed by atoms with Gasteiger partial charge >= 0.3 is 0 Å². The Hall–Kier alpha value is -2.84. The Morgan fingerprint density at radius 1 is 1.30 bits per heavy atom. The van der Waals surface area contributed by atoms with E-state index in [0.29, 0.717) is 6.07 Å². The molecule has 0 bridgehead atoms. The number of rotatable bonds is 2. The Kier molecular flexibility index (Phi) is 3.42. The van der Waals surface area contributed by atoms with Crippen LogP contribution in [-0.4, -0.2) is 40.6 Å². The molecule has 1 N–H and O–H groups in total. The Labute approximate surface area is 111 Å². The molecular formula is C11H8FN3O5. The van der Waals surface area contributed by atoms with Crippen molar-refractivity contribution in [2.75, 3.05) is 13.1 Å². The number of nitrogens with zero attached hydrogens (tertiary/aromatic N) is 2. The normalized spacial score (nSPS) is 14.9. The smallest absolute Gasteiger partial charge is 0.272 e.